The number of carboxylic acids is 1. The second-order valence-electron chi connectivity index (χ2n) is 5.32. The van der Waals surface area contributed by atoms with Gasteiger partial charge in [0.25, 0.3) is 0 Å². The third-order valence-electron chi connectivity index (χ3n) is 3.96. The predicted octanol–water partition coefficient (Wildman–Crippen LogP) is 3.01. The van der Waals surface area contributed by atoms with Crippen molar-refractivity contribution in [3.05, 3.63) is 35.7 Å². The Kier molecular flexibility index (Phi) is 3.26. The van der Waals surface area contributed by atoms with Crippen molar-refractivity contribution in [2.75, 3.05) is 0 Å². The average molecular weight is 272 g/mol. The van der Waals surface area contributed by atoms with Crippen LogP contribution in [0.15, 0.2) is 28.8 Å². The highest BCUT2D eigenvalue weighted by Gasteiger charge is 2.33. The fourth-order valence-corrected chi connectivity index (χ4v) is 2.76. The maximum atomic E-state index is 11.0. The Bertz CT molecular complexity index is 636. The lowest BCUT2D eigenvalue weighted by molar-refractivity contribution is -0.141. The van der Waals surface area contributed by atoms with Crippen LogP contribution >= 0.6 is 0 Å². The first-order valence-electron chi connectivity index (χ1n) is 6.77. The molecule has 5 heteroatoms. The zero-order valence-electron chi connectivity index (χ0n) is 11.2. The van der Waals surface area contributed by atoms with E-state index in [0.29, 0.717) is 24.6 Å². The molecule has 1 N–H and O–H groups in total. The fourth-order valence-electron chi connectivity index (χ4n) is 2.76. The number of hydrogen-bond donors (Lipinski definition) is 1. The number of carboxylic acid groups (broad SMARTS) is 1. The van der Waals surface area contributed by atoms with Gasteiger partial charge in [-0.05, 0) is 31.7 Å². The van der Waals surface area contributed by atoms with Gasteiger partial charge in [0.15, 0.2) is 0 Å². The maximum absolute atomic E-state index is 11.0. The van der Waals surface area contributed by atoms with Gasteiger partial charge in [-0.2, -0.15) is 4.98 Å². The molecule has 104 valence electrons. The summed E-state index contributed by atoms with van der Waals surface area (Å²) in [7, 11) is 0. The van der Waals surface area contributed by atoms with E-state index in [0.717, 1.165) is 17.5 Å². The molecule has 1 aromatic heterocycles. The molecule has 0 radical (unpaired) electrons. The zero-order valence-corrected chi connectivity index (χ0v) is 11.2. The highest BCUT2D eigenvalue weighted by Crippen LogP contribution is 2.38. The van der Waals surface area contributed by atoms with Crippen molar-refractivity contribution in [3.8, 4) is 11.4 Å². The summed E-state index contributed by atoms with van der Waals surface area (Å²) < 4.78 is 5.33. The highest BCUT2D eigenvalue weighted by atomic mass is 16.5. The summed E-state index contributed by atoms with van der Waals surface area (Å²) in [6.45, 7) is 2.00. The molecule has 1 fully saturated rings. The molecule has 0 bridgehead atoms. The monoisotopic (exact) mass is 272 g/mol. The quantitative estimate of drug-likeness (QED) is 0.929. The average Bonchev–Trinajstić information content (AvgIpc) is 3.08. The molecule has 1 aliphatic carbocycles. The highest BCUT2D eigenvalue weighted by molar-refractivity contribution is 5.70. The van der Waals surface area contributed by atoms with Crippen molar-refractivity contribution in [2.24, 2.45) is 5.92 Å². The lowest BCUT2D eigenvalue weighted by atomic mass is 10.1. The Morgan fingerprint density at radius 1 is 1.35 bits per heavy atom. The van der Waals surface area contributed by atoms with Crippen LogP contribution in [-0.4, -0.2) is 21.2 Å². The molecule has 20 heavy (non-hydrogen) atoms. The van der Waals surface area contributed by atoms with Gasteiger partial charge in [0.05, 0.1) is 5.92 Å². The molecule has 0 amide bonds. The number of nitrogens with zero attached hydrogens (tertiary/aromatic N) is 2. The van der Waals surface area contributed by atoms with Crippen LogP contribution in [0.1, 0.15) is 36.6 Å². The first kappa shape index (κ1) is 12.8. The number of aryl methyl sites for hydroxylation is 1. The lowest BCUT2D eigenvalue weighted by Crippen LogP contribution is -2.09. The standard InChI is InChI=1S/C15H16N2O3/c1-9-4-2-3-5-12(9)13-16-14(20-17-13)10-6-7-11(8-10)15(18)19/h2-5,10-11H,6-8H2,1H3,(H,18,19). The number of benzene rings is 1. The minimum absolute atomic E-state index is 0.0707. The molecule has 3 rings (SSSR count). The number of aromatic nitrogens is 2. The Morgan fingerprint density at radius 3 is 2.85 bits per heavy atom. The Morgan fingerprint density at radius 2 is 2.15 bits per heavy atom. The van der Waals surface area contributed by atoms with Crippen LogP contribution in [0, 0.1) is 12.8 Å². The number of rotatable bonds is 3. The van der Waals surface area contributed by atoms with Gasteiger partial charge in [-0.1, -0.05) is 29.4 Å². The number of carbonyl (C=O) groups is 1. The molecule has 1 aromatic carbocycles. The van der Waals surface area contributed by atoms with E-state index in [1.165, 1.54) is 0 Å². The second-order valence-corrected chi connectivity index (χ2v) is 5.32. The third-order valence-corrected chi connectivity index (χ3v) is 3.96. The molecule has 5 nitrogen and oxygen atoms in total. The Hall–Kier alpha value is -2.17. The van der Waals surface area contributed by atoms with Gasteiger partial charge in [-0.3, -0.25) is 4.79 Å². The van der Waals surface area contributed by atoms with Gasteiger partial charge in [0, 0.05) is 11.5 Å². The summed E-state index contributed by atoms with van der Waals surface area (Å²) in [5.74, 6) is 0.199. The number of hydrogen-bond acceptors (Lipinski definition) is 4. The normalized spacial score (nSPS) is 22.1. The molecule has 2 atom stereocenters. The van der Waals surface area contributed by atoms with E-state index in [2.05, 4.69) is 10.1 Å². The fraction of sp³-hybridized carbons (Fsp3) is 0.400. The summed E-state index contributed by atoms with van der Waals surface area (Å²) >= 11 is 0. The van der Waals surface area contributed by atoms with Crippen molar-refractivity contribution in [1.82, 2.24) is 10.1 Å². The van der Waals surface area contributed by atoms with E-state index in [9.17, 15) is 4.79 Å². The SMILES string of the molecule is Cc1ccccc1-c1noc(C2CCC(C(=O)O)C2)n1. The van der Waals surface area contributed by atoms with Crippen LogP contribution in [0.25, 0.3) is 11.4 Å². The minimum Gasteiger partial charge on any atom is -0.481 e. The lowest BCUT2D eigenvalue weighted by Gasteiger charge is -2.02. The summed E-state index contributed by atoms with van der Waals surface area (Å²) in [4.78, 5) is 15.4. The van der Waals surface area contributed by atoms with Crippen LogP contribution in [0.2, 0.25) is 0 Å². The van der Waals surface area contributed by atoms with Gasteiger partial charge in [0.2, 0.25) is 11.7 Å². The van der Waals surface area contributed by atoms with Crippen LogP contribution in [0.4, 0.5) is 0 Å². The molecule has 0 aliphatic heterocycles. The molecular formula is C15H16N2O3. The van der Waals surface area contributed by atoms with Crippen molar-refractivity contribution in [2.45, 2.75) is 32.1 Å². The minimum atomic E-state index is -0.730. The largest absolute Gasteiger partial charge is 0.481 e. The first-order valence-corrected chi connectivity index (χ1v) is 6.77. The molecular weight excluding hydrogens is 256 g/mol. The van der Waals surface area contributed by atoms with Crippen LogP contribution in [-0.2, 0) is 4.79 Å². The van der Waals surface area contributed by atoms with E-state index < -0.39 is 5.97 Å². The van der Waals surface area contributed by atoms with Gasteiger partial charge < -0.3 is 9.63 Å². The van der Waals surface area contributed by atoms with Crippen LogP contribution in [0.5, 0.6) is 0 Å². The summed E-state index contributed by atoms with van der Waals surface area (Å²) in [5.41, 5.74) is 2.05. The van der Waals surface area contributed by atoms with Crippen LogP contribution < -0.4 is 0 Å². The first-order chi connectivity index (χ1) is 9.65. The van der Waals surface area contributed by atoms with Crippen molar-refractivity contribution >= 4 is 5.97 Å². The Balaban J connectivity index is 1.81. The van der Waals surface area contributed by atoms with E-state index in [1.54, 1.807) is 0 Å². The van der Waals surface area contributed by atoms with E-state index >= 15 is 0 Å². The second kappa shape index (κ2) is 5.07. The smallest absolute Gasteiger partial charge is 0.306 e. The van der Waals surface area contributed by atoms with Crippen molar-refractivity contribution in [3.63, 3.8) is 0 Å². The summed E-state index contributed by atoms with van der Waals surface area (Å²) in [6.07, 6.45) is 2.07. The van der Waals surface area contributed by atoms with Gasteiger partial charge in [-0.15, -0.1) is 0 Å². The van der Waals surface area contributed by atoms with Gasteiger partial charge >= 0.3 is 5.97 Å². The molecule has 2 unspecified atom stereocenters. The summed E-state index contributed by atoms with van der Waals surface area (Å²) in [6, 6.07) is 7.86. The number of aliphatic carboxylic acids is 1. The van der Waals surface area contributed by atoms with Crippen molar-refractivity contribution in [1.29, 1.82) is 0 Å². The predicted molar refractivity (Wildman–Crippen MR) is 72.2 cm³/mol. The molecule has 1 heterocycles. The maximum Gasteiger partial charge on any atom is 0.306 e. The molecule has 2 aromatic rings. The van der Waals surface area contributed by atoms with E-state index in [4.69, 9.17) is 9.63 Å². The Labute approximate surface area is 116 Å². The molecule has 0 spiro atoms. The molecule has 1 aliphatic rings. The zero-order chi connectivity index (χ0) is 14.1. The van der Waals surface area contributed by atoms with E-state index in [1.807, 2.05) is 31.2 Å². The topological polar surface area (TPSA) is 76.2 Å². The third kappa shape index (κ3) is 2.31. The molecule has 1 saturated carbocycles. The summed E-state index contributed by atoms with van der Waals surface area (Å²) in [5, 5.41) is 13.1. The molecule has 0 saturated heterocycles. The van der Waals surface area contributed by atoms with Crippen LogP contribution in [0.3, 0.4) is 0 Å². The van der Waals surface area contributed by atoms with Gasteiger partial charge in [-0.25, -0.2) is 0 Å². The van der Waals surface area contributed by atoms with Gasteiger partial charge in [0.1, 0.15) is 0 Å². The van der Waals surface area contributed by atoms with E-state index in [-0.39, 0.29) is 11.8 Å². The van der Waals surface area contributed by atoms with Crippen molar-refractivity contribution < 1.29 is 14.4 Å².